The predicted molar refractivity (Wildman–Crippen MR) is 101 cm³/mol. The molecule has 1 aromatic carbocycles. The Bertz CT molecular complexity index is 851. The zero-order valence-corrected chi connectivity index (χ0v) is 15.4. The summed E-state index contributed by atoms with van der Waals surface area (Å²) in [5.74, 6) is 1.10. The quantitative estimate of drug-likeness (QED) is 0.700. The Balaban J connectivity index is 1.39. The molecule has 1 unspecified atom stereocenters. The van der Waals surface area contributed by atoms with E-state index in [0.29, 0.717) is 23.8 Å². The van der Waals surface area contributed by atoms with E-state index in [4.69, 9.17) is 13.9 Å². The van der Waals surface area contributed by atoms with Crippen LogP contribution in [0.5, 0.6) is 5.75 Å². The average molecular weight is 371 g/mol. The lowest BCUT2D eigenvalue weighted by Crippen LogP contribution is -2.43. The van der Waals surface area contributed by atoms with Crippen molar-refractivity contribution in [2.24, 2.45) is 5.92 Å². The lowest BCUT2D eigenvalue weighted by atomic mass is 9.85. The highest BCUT2D eigenvalue weighted by atomic mass is 16.5. The first-order valence-electron chi connectivity index (χ1n) is 9.73. The molecule has 0 N–H and O–H groups in total. The van der Waals surface area contributed by atoms with Crippen LogP contribution in [0.3, 0.4) is 0 Å². The molecule has 1 amide bonds. The third-order valence-corrected chi connectivity index (χ3v) is 5.46. The van der Waals surface area contributed by atoms with E-state index >= 15 is 0 Å². The van der Waals surface area contributed by atoms with Gasteiger partial charge < -0.3 is 18.8 Å². The number of carbonyl (C=O) groups is 1. The highest BCUT2D eigenvalue weighted by Crippen LogP contribution is 2.28. The van der Waals surface area contributed by atoms with Gasteiger partial charge in [0.15, 0.2) is 6.61 Å². The second-order valence-corrected chi connectivity index (χ2v) is 7.47. The van der Waals surface area contributed by atoms with Crippen molar-refractivity contribution in [1.29, 1.82) is 0 Å². The van der Waals surface area contributed by atoms with E-state index in [-0.39, 0.29) is 18.6 Å². The van der Waals surface area contributed by atoms with Crippen LogP contribution in [-0.2, 0) is 9.53 Å². The fourth-order valence-corrected chi connectivity index (χ4v) is 3.67. The molecule has 2 aromatic rings. The summed E-state index contributed by atoms with van der Waals surface area (Å²) in [6, 6.07) is 8.34. The maximum Gasteiger partial charge on any atom is 0.336 e. The van der Waals surface area contributed by atoms with E-state index in [1.54, 1.807) is 18.2 Å². The Hall–Kier alpha value is -2.34. The topological polar surface area (TPSA) is 69.0 Å². The standard InChI is InChI=1S/C21H25NO5/c23-20(22(12-15-3-1-4-15)13-18-5-2-10-25-18)14-26-17-8-6-16-7-9-21(24)27-19(16)11-17/h6-9,11,15,18H,1-5,10,12-14H2. The van der Waals surface area contributed by atoms with Gasteiger partial charge >= 0.3 is 5.63 Å². The van der Waals surface area contributed by atoms with E-state index in [0.717, 1.165) is 31.4 Å². The second-order valence-electron chi connectivity index (χ2n) is 7.47. The van der Waals surface area contributed by atoms with Crippen molar-refractivity contribution < 1.29 is 18.7 Å². The van der Waals surface area contributed by atoms with Crippen molar-refractivity contribution in [3.63, 3.8) is 0 Å². The Morgan fingerprint density at radius 1 is 1.11 bits per heavy atom. The van der Waals surface area contributed by atoms with E-state index in [2.05, 4.69) is 0 Å². The van der Waals surface area contributed by atoms with Gasteiger partial charge in [0, 0.05) is 37.2 Å². The molecule has 1 aliphatic carbocycles. The zero-order chi connectivity index (χ0) is 18.6. The van der Waals surface area contributed by atoms with Gasteiger partial charge in [0.2, 0.25) is 0 Å². The van der Waals surface area contributed by atoms with Gasteiger partial charge in [-0.05, 0) is 49.8 Å². The van der Waals surface area contributed by atoms with Crippen molar-refractivity contribution >= 4 is 16.9 Å². The van der Waals surface area contributed by atoms with Crippen LogP contribution in [-0.4, -0.2) is 43.2 Å². The van der Waals surface area contributed by atoms with Crippen molar-refractivity contribution in [1.82, 2.24) is 4.90 Å². The van der Waals surface area contributed by atoms with Crippen LogP contribution in [0.4, 0.5) is 0 Å². The molecule has 0 radical (unpaired) electrons. The molecule has 0 spiro atoms. The van der Waals surface area contributed by atoms with Gasteiger partial charge in [-0.3, -0.25) is 4.79 Å². The van der Waals surface area contributed by atoms with Gasteiger partial charge in [0.1, 0.15) is 11.3 Å². The SMILES string of the molecule is O=C(COc1ccc2ccc(=O)oc2c1)N(CC1CCC1)CC1CCCO1. The minimum atomic E-state index is -0.404. The molecule has 6 heteroatoms. The predicted octanol–water partition coefficient (Wildman–Crippen LogP) is 2.98. The highest BCUT2D eigenvalue weighted by Gasteiger charge is 2.27. The fourth-order valence-electron chi connectivity index (χ4n) is 3.67. The van der Waals surface area contributed by atoms with Crippen LogP contribution in [0.2, 0.25) is 0 Å². The number of amides is 1. The summed E-state index contributed by atoms with van der Waals surface area (Å²) in [5.41, 5.74) is 0.0529. The van der Waals surface area contributed by atoms with E-state index in [9.17, 15) is 9.59 Å². The number of rotatable bonds is 7. The normalized spacial score (nSPS) is 19.8. The number of hydrogen-bond acceptors (Lipinski definition) is 5. The van der Waals surface area contributed by atoms with Crippen LogP contribution < -0.4 is 10.4 Å². The summed E-state index contributed by atoms with van der Waals surface area (Å²) in [6.07, 6.45) is 5.86. The van der Waals surface area contributed by atoms with Crippen LogP contribution in [0.15, 0.2) is 39.5 Å². The second kappa shape index (κ2) is 8.13. The first-order valence-corrected chi connectivity index (χ1v) is 9.73. The number of nitrogens with zero attached hydrogens (tertiary/aromatic N) is 1. The molecule has 2 heterocycles. The van der Waals surface area contributed by atoms with Gasteiger partial charge in [-0.2, -0.15) is 0 Å². The van der Waals surface area contributed by atoms with E-state index in [1.165, 1.54) is 25.3 Å². The van der Waals surface area contributed by atoms with Gasteiger partial charge in [-0.15, -0.1) is 0 Å². The number of carbonyl (C=O) groups excluding carboxylic acids is 1. The van der Waals surface area contributed by atoms with E-state index in [1.807, 2.05) is 11.0 Å². The Morgan fingerprint density at radius 2 is 1.96 bits per heavy atom. The molecular formula is C21H25NO5. The Morgan fingerprint density at radius 3 is 2.70 bits per heavy atom. The highest BCUT2D eigenvalue weighted by molar-refractivity contribution is 5.79. The lowest BCUT2D eigenvalue weighted by molar-refractivity contribution is -0.136. The molecular weight excluding hydrogens is 346 g/mol. The molecule has 1 aromatic heterocycles. The number of hydrogen-bond donors (Lipinski definition) is 0. The molecule has 1 saturated carbocycles. The third-order valence-electron chi connectivity index (χ3n) is 5.46. The molecule has 4 rings (SSSR count). The molecule has 2 aliphatic rings. The van der Waals surface area contributed by atoms with Crippen molar-refractivity contribution in [2.45, 2.75) is 38.2 Å². The Kier molecular flexibility index (Phi) is 5.43. The summed E-state index contributed by atoms with van der Waals surface area (Å²) in [7, 11) is 0. The van der Waals surface area contributed by atoms with Crippen molar-refractivity contribution in [3.8, 4) is 5.75 Å². The lowest BCUT2D eigenvalue weighted by Gasteiger charge is -2.33. The maximum absolute atomic E-state index is 12.8. The largest absolute Gasteiger partial charge is 0.484 e. The summed E-state index contributed by atoms with van der Waals surface area (Å²) >= 11 is 0. The molecule has 1 atom stereocenters. The van der Waals surface area contributed by atoms with Crippen LogP contribution in [0, 0.1) is 5.92 Å². The molecule has 1 saturated heterocycles. The number of fused-ring (bicyclic) bond motifs is 1. The maximum atomic E-state index is 12.8. The average Bonchev–Trinajstić information content (AvgIpc) is 3.14. The minimum Gasteiger partial charge on any atom is -0.484 e. The first kappa shape index (κ1) is 18.0. The van der Waals surface area contributed by atoms with Crippen molar-refractivity contribution in [3.05, 3.63) is 40.8 Å². The molecule has 0 bridgehead atoms. The molecule has 6 nitrogen and oxygen atoms in total. The summed E-state index contributed by atoms with van der Waals surface area (Å²) in [5, 5.41) is 0.818. The number of ether oxygens (including phenoxy) is 2. The zero-order valence-electron chi connectivity index (χ0n) is 15.4. The van der Waals surface area contributed by atoms with Gasteiger partial charge in [-0.25, -0.2) is 4.79 Å². The van der Waals surface area contributed by atoms with Crippen molar-refractivity contribution in [2.75, 3.05) is 26.3 Å². The monoisotopic (exact) mass is 371 g/mol. The molecule has 27 heavy (non-hydrogen) atoms. The minimum absolute atomic E-state index is 0.0213. The van der Waals surface area contributed by atoms with Crippen LogP contribution >= 0.6 is 0 Å². The summed E-state index contributed by atoms with van der Waals surface area (Å²) in [6.45, 7) is 2.19. The smallest absolute Gasteiger partial charge is 0.336 e. The Labute approximate surface area is 158 Å². The summed E-state index contributed by atoms with van der Waals surface area (Å²) in [4.78, 5) is 26.0. The van der Waals surface area contributed by atoms with Crippen LogP contribution in [0.25, 0.3) is 11.0 Å². The van der Waals surface area contributed by atoms with Gasteiger partial charge in [0.25, 0.3) is 5.91 Å². The molecule has 1 aliphatic heterocycles. The molecule has 144 valence electrons. The van der Waals surface area contributed by atoms with E-state index < -0.39 is 5.63 Å². The summed E-state index contributed by atoms with van der Waals surface area (Å²) < 4.78 is 16.6. The third kappa shape index (κ3) is 4.50. The van der Waals surface area contributed by atoms with Gasteiger partial charge in [0.05, 0.1) is 6.10 Å². The first-order chi connectivity index (χ1) is 13.2. The number of benzene rings is 1. The fraction of sp³-hybridized carbons (Fsp3) is 0.524. The van der Waals surface area contributed by atoms with Gasteiger partial charge in [-0.1, -0.05) is 6.42 Å². The molecule has 2 fully saturated rings. The van der Waals surface area contributed by atoms with Crippen LogP contribution in [0.1, 0.15) is 32.1 Å².